The van der Waals surface area contributed by atoms with Crippen molar-refractivity contribution in [2.75, 3.05) is 25.2 Å². The Bertz CT molecular complexity index is 1080. The summed E-state index contributed by atoms with van der Waals surface area (Å²) in [5.41, 5.74) is 1.95. The van der Waals surface area contributed by atoms with Gasteiger partial charge in [0.05, 0.1) is 15.1 Å². The van der Waals surface area contributed by atoms with E-state index < -0.39 is 10.0 Å². The van der Waals surface area contributed by atoms with Gasteiger partial charge >= 0.3 is 0 Å². The number of amides is 1. The van der Waals surface area contributed by atoms with Crippen LogP contribution < -0.4 is 5.32 Å². The van der Waals surface area contributed by atoms with Crippen LogP contribution in [0, 0.1) is 0 Å². The molecule has 0 saturated carbocycles. The second-order valence-corrected chi connectivity index (χ2v) is 10.9. The van der Waals surface area contributed by atoms with E-state index in [2.05, 4.69) is 22.4 Å². The average molecular weight is 450 g/mol. The highest BCUT2D eigenvalue weighted by atomic mass is 32.2. The molecule has 3 aromatic rings. The van der Waals surface area contributed by atoms with E-state index in [1.165, 1.54) is 41.4 Å². The number of hydrogen-bond acceptors (Lipinski definition) is 6. The Morgan fingerprint density at radius 1 is 1.17 bits per heavy atom. The first-order chi connectivity index (χ1) is 13.9. The minimum atomic E-state index is -3.50. The fourth-order valence-electron chi connectivity index (χ4n) is 2.61. The molecule has 0 unspecified atom stereocenters. The minimum Gasteiger partial charge on any atom is -0.302 e. The SMILES string of the molecule is CN(C)S(=O)(=O)c1ccc2nc(NC(=O)CCCSCc3ccccc3)sc2c1. The van der Waals surface area contributed by atoms with Crippen LogP contribution in [-0.4, -0.2) is 43.5 Å². The highest BCUT2D eigenvalue weighted by Gasteiger charge is 2.18. The second-order valence-electron chi connectivity index (χ2n) is 6.63. The van der Waals surface area contributed by atoms with Crippen molar-refractivity contribution < 1.29 is 13.2 Å². The molecule has 154 valence electrons. The Morgan fingerprint density at radius 3 is 2.66 bits per heavy atom. The topological polar surface area (TPSA) is 79.4 Å². The molecule has 0 spiro atoms. The summed E-state index contributed by atoms with van der Waals surface area (Å²) < 4.78 is 26.4. The van der Waals surface area contributed by atoms with Crippen LogP contribution in [0.4, 0.5) is 5.13 Å². The summed E-state index contributed by atoms with van der Waals surface area (Å²) in [6.07, 6.45) is 1.22. The van der Waals surface area contributed by atoms with Gasteiger partial charge in [-0.15, -0.1) is 0 Å². The molecule has 1 aromatic heterocycles. The molecule has 0 aliphatic carbocycles. The van der Waals surface area contributed by atoms with Crippen molar-refractivity contribution in [3.63, 3.8) is 0 Å². The summed E-state index contributed by atoms with van der Waals surface area (Å²) >= 11 is 3.09. The lowest BCUT2D eigenvalue weighted by molar-refractivity contribution is -0.116. The number of hydrogen-bond donors (Lipinski definition) is 1. The number of fused-ring (bicyclic) bond motifs is 1. The molecule has 1 amide bonds. The molecule has 29 heavy (non-hydrogen) atoms. The van der Waals surface area contributed by atoms with Crippen molar-refractivity contribution in [3.05, 3.63) is 54.1 Å². The Morgan fingerprint density at radius 2 is 1.93 bits per heavy atom. The Balaban J connectivity index is 1.51. The van der Waals surface area contributed by atoms with Crippen molar-refractivity contribution in [2.45, 2.75) is 23.5 Å². The zero-order chi connectivity index (χ0) is 20.9. The molecule has 9 heteroatoms. The van der Waals surface area contributed by atoms with Gasteiger partial charge in [-0.3, -0.25) is 4.79 Å². The monoisotopic (exact) mass is 449 g/mol. The van der Waals surface area contributed by atoms with Crippen LogP contribution in [0.1, 0.15) is 18.4 Å². The highest BCUT2D eigenvalue weighted by molar-refractivity contribution is 7.98. The van der Waals surface area contributed by atoms with Gasteiger partial charge in [-0.05, 0) is 35.9 Å². The van der Waals surface area contributed by atoms with Crippen LogP contribution in [0.2, 0.25) is 0 Å². The van der Waals surface area contributed by atoms with Gasteiger partial charge in [0.1, 0.15) is 0 Å². The van der Waals surface area contributed by atoms with Crippen LogP contribution >= 0.6 is 23.1 Å². The lowest BCUT2D eigenvalue weighted by Gasteiger charge is -2.10. The number of carbonyl (C=O) groups excluding carboxylic acids is 1. The van der Waals surface area contributed by atoms with Crippen molar-refractivity contribution in [2.24, 2.45) is 0 Å². The first-order valence-electron chi connectivity index (χ1n) is 9.11. The van der Waals surface area contributed by atoms with Gasteiger partial charge in [-0.2, -0.15) is 11.8 Å². The molecule has 0 saturated heterocycles. The summed E-state index contributed by atoms with van der Waals surface area (Å²) in [5, 5.41) is 3.31. The number of benzene rings is 2. The largest absolute Gasteiger partial charge is 0.302 e. The number of nitrogens with one attached hydrogen (secondary N) is 1. The van der Waals surface area contributed by atoms with Crippen molar-refractivity contribution in [3.8, 4) is 0 Å². The van der Waals surface area contributed by atoms with Crippen LogP contribution in [0.3, 0.4) is 0 Å². The molecule has 3 rings (SSSR count). The molecular weight excluding hydrogens is 426 g/mol. The Kier molecular flexibility index (Phi) is 7.28. The molecule has 0 bridgehead atoms. The first kappa shape index (κ1) is 21.8. The number of nitrogens with zero attached hydrogens (tertiary/aromatic N) is 2. The average Bonchev–Trinajstić information content (AvgIpc) is 3.09. The second kappa shape index (κ2) is 9.71. The van der Waals surface area contributed by atoms with Gasteiger partial charge in [-0.1, -0.05) is 41.7 Å². The molecule has 0 atom stereocenters. The molecule has 1 heterocycles. The van der Waals surface area contributed by atoms with Gasteiger partial charge < -0.3 is 5.32 Å². The minimum absolute atomic E-state index is 0.0782. The van der Waals surface area contributed by atoms with E-state index in [0.29, 0.717) is 17.1 Å². The molecule has 1 N–H and O–H groups in total. The van der Waals surface area contributed by atoms with Gasteiger partial charge in [0, 0.05) is 26.3 Å². The number of thioether (sulfide) groups is 1. The number of sulfonamides is 1. The van der Waals surface area contributed by atoms with Crippen molar-refractivity contribution in [1.29, 1.82) is 0 Å². The maximum Gasteiger partial charge on any atom is 0.242 e. The zero-order valence-corrected chi connectivity index (χ0v) is 18.7. The molecular formula is C20H23N3O3S3. The van der Waals surface area contributed by atoms with Gasteiger partial charge in [0.2, 0.25) is 15.9 Å². The number of rotatable bonds is 9. The Hall–Kier alpha value is -1.94. The van der Waals surface area contributed by atoms with Crippen molar-refractivity contribution in [1.82, 2.24) is 9.29 Å². The van der Waals surface area contributed by atoms with E-state index in [1.807, 2.05) is 30.0 Å². The predicted octanol–water partition coefficient (Wildman–Crippen LogP) is 4.20. The van der Waals surface area contributed by atoms with E-state index in [1.54, 1.807) is 12.1 Å². The van der Waals surface area contributed by atoms with E-state index >= 15 is 0 Å². The van der Waals surface area contributed by atoms with E-state index in [-0.39, 0.29) is 10.8 Å². The normalized spacial score (nSPS) is 11.8. The van der Waals surface area contributed by atoms with Gasteiger partial charge in [0.15, 0.2) is 5.13 Å². The number of aromatic nitrogens is 1. The molecule has 0 aliphatic heterocycles. The third-order valence-corrected chi connectivity index (χ3v) is 8.05. The molecule has 2 aromatic carbocycles. The van der Waals surface area contributed by atoms with Gasteiger partial charge in [-0.25, -0.2) is 17.7 Å². The first-order valence-corrected chi connectivity index (χ1v) is 12.5. The summed E-state index contributed by atoms with van der Waals surface area (Å²) in [5.74, 6) is 1.78. The van der Waals surface area contributed by atoms with E-state index in [4.69, 9.17) is 0 Å². The third-order valence-electron chi connectivity index (χ3n) is 4.19. The smallest absolute Gasteiger partial charge is 0.242 e. The van der Waals surface area contributed by atoms with Crippen LogP contribution in [-0.2, 0) is 20.6 Å². The third kappa shape index (κ3) is 5.79. The van der Waals surface area contributed by atoms with E-state index in [0.717, 1.165) is 22.6 Å². The molecule has 0 radical (unpaired) electrons. The summed E-state index contributed by atoms with van der Waals surface area (Å²) in [6.45, 7) is 0. The fourth-order valence-corrected chi connectivity index (χ4v) is 5.46. The zero-order valence-electron chi connectivity index (χ0n) is 16.3. The standard InChI is InChI=1S/C20H23N3O3S3/c1-23(2)29(25,26)16-10-11-17-18(13-16)28-20(21-17)22-19(24)9-6-12-27-14-15-7-4-3-5-8-15/h3-5,7-8,10-11,13H,6,9,12,14H2,1-2H3,(H,21,22,24). The van der Waals surface area contributed by atoms with Gasteiger partial charge in [0.25, 0.3) is 0 Å². The summed E-state index contributed by atoms with van der Waals surface area (Å²) in [7, 11) is -0.505. The maximum absolute atomic E-state index is 12.3. The highest BCUT2D eigenvalue weighted by Crippen LogP contribution is 2.29. The van der Waals surface area contributed by atoms with Crippen LogP contribution in [0.5, 0.6) is 0 Å². The maximum atomic E-state index is 12.3. The predicted molar refractivity (Wildman–Crippen MR) is 121 cm³/mol. The van der Waals surface area contributed by atoms with Crippen LogP contribution in [0.15, 0.2) is 53.4 Å². The molecule has 6 nitrogen and oxygen atoms in total. The van der Waals surface area contributed by atoms with Crippen molar-refractivity contribution >= 4 is 54.4 Å². The van der Waals surface area contributed by atoms with Crippen LogP contribution in [0.25, 0.3) is 10.2 Å². The van der Waals surface area contributed by atoms with E-state index in [9.17, 15) is 13.2 Å². The number of carbonyl (C=O) groups is 1. The lowest BCUT2D eigenvalue weighted by atomic mass is 10.2. The number of thiazole rings is 1. The quantitative estimate of drug-likeness (QED) is 0.495. The lowest BCUT2D eigenvalue weighted by Crippen LogP contribution is -2.22. The number of anilines is 1. The summed E-state index contributed by atoms with van der Waals surface area (Å²) in [4.78, 5) is 16.8. The fraction of sp³-hybridized carbons (Fsp3) is 0.300. The molecule has 0 fully saturated rings. The summed E-state index contributed by atoms with van der Waals surface area (Å²) in [6, 6.07) is 15.1. The Labute approximate surface area is 179 Å². The molecule has 0 aliphatic rings.